The summed E-state index contributed by atoms with van der Waals surface area (Å²) in [6, 6.07) is 8.60. The minimum atomic E-state index is 0.0377. The average molecular weight is 248 g/mol. The van der Waals surface area contributed by atoms with E-state index in [1.165, 1.54) is 5.56 Å². The highest BCUT2D eigenvalue weighted by Gasteiger charge is 2.31. The van der Waals surface area contributed by atoms with Gasteiger partial charge in [-0.3, -0.25) is 4.79 Å². The molecule has 0 atom stereocenters. The van der Waals surface area contributed by atoms with Crippen molar-refractivity contribution in [3.63, 3.8) is 0 Å². The fourth-order valence-corrected chi connectivity index (χ4v) is 2.37. The van der Waals surface area contributed by atoms with Gasteiger partial charge in [0.25, 0.3) is 0 Å². The third-order valence-corrected chi connectivity index (χ3v) is 3.55. The molecule has 1 aromatic rings. The van der Waals surface area contributed by atoms with Gasteiger partial charge in [-0.15, -0.1) is 0 Å². The van der Waals surface area contributed by atoms with Gasteiger partial charge in [0.05, 0.1) is 13.7 Å². The van der Waals surface area contributed by atoms with Crippen LogP contribution in [0, 0.1) is 0 Å². The molecule has 1 aliphatic carbocycles. The molecule has 0 spiro atoms. The third kappa shape index (κ3) is 2.82. The zero-order valence-electron chi connectivity index (χ0n) is 10.9. The standard InChI is InChI=1S/C14H20N2O2/c1-15-14(17)9-16-11-7-10(8-11)12-5-3-4-6-13(12)18-2/h3-6,10-11,16H,7-9H2,1-2H3,(H,15,17). The monoisotopic (exact) mass is 248 g/mol. The molecule has 0 aromatic heterocycles. The van der Waals surface area contributed by atoms with Crippen LogP contribution < -0.4 is 15.4 Å². The minimum Gasteiger partial charge on any atom is -0.496 e. The van der Waals surface area contributed by atoms with Crippen LogP contribution in [-0.2, 0) is 4.79 Å². The molecule has 0 radical (unpaired) electrons. The van der Waals surface area contributed by atoms with Gasteiger partial charge in [0.2, 0.25) is 5.91 Å². The van der Waals surface area contributed by atoms with Crippen molar-refractivity contribution in [1.82, 2.24) is 10.6 Å². The van der Waals surface area contributed by atoms with Crippen molar-refractivity contribution in [2.75, 3.05) is 20.7 Å². The number of hydrogen-bond donors (Lipinski definition) is 2. The van der Waals surface area contributed by atoms with Crippen molar-refractivity contribution >= 4 is 5.91 Å². The number of para-hydroxylation sites is 1. The first-order valence-electron chi connectivity index (χ1n) is 6.31. The summed E-state index contributed by atoms with van der Waals surface area (Å²) in [5, 5.41) is 5.86. The Labute approximate surface area is 108 Å². The molecule has 0 heterocycles. The van der Waals surface area contributed by atoms with Crippen molar-refractivity contribution in [1.29, 1.82) is 0 Å². The fraction of sp³-hybridized carbons (Fsp3) is 0.500. The van der Waals surface area contributed by atoms with Crippen LogP contribution in [0.1, 0.15) is 24.3 Å². The maximum absolute atomic E-state index is 11.1. The van der Waals surface area contributed by atoms with Gasteiger partial charge >= 0.3 is 0 Å². The first kappa shape index (κ1) is 12.9. The predicted molar refractivity (Wildman–Crippen MR) is 70.8 cm³/mol. The molecule has 18 heavy (non-hydrogen) atoms. The van der Waals surface area contributed by atoms with Gasteiger partial charge in [0.15, 0.2) is 0 Å². The zero-order valence-corrected chi connectivity index (χ0v) is 10.9. The molecular formula is C14H20N2O2. The van der Waals surface area contributed by atoms with Crippen molar-refractivity contribution in [2.24, 2.45) is 0 Å². The number of nitrogens with one attached hydrogen (secondary N) is 2. The summed E-state index contributed by atoms with van der Waals surface area (Å²) in [7, 11) is 3.36. The number of likely N-dealkylation sites (N-methyl/N-ethyl adjacent to an activating group) is 1. The van der Waals surface area contributed by atoms with Crippen molar-refractivity contribution in [3.8, 4) is 5.75 Å². The van der Waals surface area contributed by atoms with Gasteiger partial charge in [-0.25, -0.2) is 0 Å². The largest absolute Gasteiger partial charge is 0.496 e. The van der Waals surface area contributed by atoms with E-state index >= 15 is 0 Å². The van der Waals surface area contributed by atoms with E-state index in [0.29, 0.717) is 18.5 Å². The predicted octanol–water partition coefficient (Wildman–Crippen LogP) is 1.28. The Bertz CT molecular complexity index is 414. The van der Waals surface area contributed by atoms with Crippen LogP contribution in [0.15, 0.2) is 24.3 Å². The number of hydrogen-bond acceptors (Lipinski definition) is 3. The van der Waals surface area contributed by atoms with Crippen LogP contribution >= 0.6 is 0 Å². The first-order valence-corrected chi connectivity index (χ1v) is 6.31. The lowest BCUT2D eigenvalue weighted by Gasteiger charge is -2.36. The van der Waals surface area contributed by atoms with E-state index in [1.807, 2.05) is 18.2 Å². The van der Waals surface area contributed by atoms with Crippen LogP contribution in [0.3, 0.4) is 0 Å². The topological polar surface area (TPSA) is 50.4 Å². The summed E-state index contributed by atoms with van der Waals surface area (Å²) in [6.45, 7) is 0.403. The molecule has 1 aromatic carbocycles. The number of rotatable bonds is 5. The number of ether oxygens (including phenoxy) is 1. The smallest absolute Gasteiger partial charge is 0.233 e. The quantitative estimate of drug-likeness (QED) is 0.825. The third-order valence-electron chi connectivity index (χ3n) is 3.55. The molecule has 4 heteroatoms. The van der Waals surface area contributed by atoms with Crippen molar-refractivity contribution < 1.29 is 9.53 Å². The Morgan fingerprint density at radius 3 is 2.78 bits per heavy atom. The number of amides is 1. The zero-order chi connectivity index (χ0) is 13.0. The molecule has 98 valence electrons. The normalized spacial score (nSPS) is 22.1. The highest BCUT2D eigenvalue weighted by Crippen LogP contribution is 2.40. The van der Waals surface area contributed by atoms with Crippen LogP contribution in [0.2, 0.25) is 0 Å². The molecule has 0 unspecified atom stereocenters. The number of benzene rings is 1. The summed E-state index contributed by atoms with van der Waals surface area (Å²) in [4.78, 5) is 11.1. The lowest BCUT2D eigenvalue weighted by Crippen LogP contribution is -2.44. The molecule has 2 N–H and O–H groups in total. The molecular weight excluding hydrogens is 228 g/mol. The highest BCUT2D eigenvalue weighted by molar-refractivity contribution is 5.77. The Morgan fingerprint density at radius 2 is 2.11 bits per heavy atom. The van der Waals surface area contributed by atoms with Crippen molar-refractivity contribution in [3.05, 3.63) is 29.8 Å². The number of carbonyl (C=O) groups is 1. The lowest BCUT2D eigenvalue weighted by atomic mass is 9.75. The van der Waals surface area contributed by atoms with Crippen LogP contribution in [-0.4, -0.2) is 32.7 Å². The molecule has 1 amide bonds. The summed E-state index contributed by atoms with van der Waals surface area (Å²) in [5.41, 5.74) is 1.28. The summed E-state index contributed by atoms with van der Waals surface area (Å²) >= 11 is 0. The first-order chi connectivity index (χ1) is 8.74. The maximum Gasteiger partial charge on any atom is 0.233 e. The van der Waals surface area contributed by atoms with E-state index in [9.17, 15) is 4.79 Å². The lowest BCUT2D eigenvalue weighted by molar-refractivity contribution is -0.120. The Kier molecular flexibility index (Phi) is 4.20. The van der Waals surface area contributed by atoms with Gasteiger partial charge < -0.3 is 15.4 Å². The number of carbonyl (C=O) groups excluding carboxylic acids is 1. The molecule has 1 saturated carbocycles. The fourth-order valence-electron chi connectivity index (χ4n) is 2.37. The molecule has 2 rings (SSSR count). The summed E-state index contributed by atoms with van der Waals surface area (Å²) in [5.74, 6) is 1.55. The van der Waals surface area contributed by atoms with E-state index in [-0.39, 0.29) is 5.91 Å². The summed E-state index contributed by atoms with van der Waals surface area (Å²) < 4.78 is 5.37. The van der Waals surface area contributed by atoms with E-state index in [0.717, 1.165) is 18.6 Å². The SMILES string of the molecule is CNC(=O)CNC1CC(c2ccccc2OC)C1. The van der Waals surface area contributed by atoms with Crippen LogP contribution in [0.25, 0.3) is 0 Å². The van der Waals surface area contributed by atoms with Crippen LogP contribution in [0.5, 0.6) is 5.75 Å². The maximum atomic E-state index is 11.1. The van der Waals surface area contributed by atoms with Gasteiger partial charge in [-0.05, 0) is 30.4 Å². The van der Waals surface area contributed by atoms with E-state index in [4.69, 9.17) is 4.74 Å². The second kappa shape index (κ2) is 5.87. The molecule has 1 aliphatic rings. The van der Waals surface area contributed by atoms with E-state index in [2.05, 4.69) is 16.7 Å². The molecule has 0 saturated heterocycles. The molecule has 0 aliphatic heterocycles. The Hall–Kier alpha value is -1.55. The molecule has 0 bridgehead atoms. The molecule has 4 nitrogen and oxygen atoms in total. The van der Waals surface area contributed by atoms with E-state index in [1.54, 1.807) is 14.2 Å². The Balaban J connectivity index is 1.83. The Morgan fingerprint density at radius 1 is 1.39 bits per heavy atom. The minimum absolute atomic E-state index is 0.0377. The van der Waals surface area contributed by atoms with Gasteiger partial charge in [-0.1, -0.05) is 18.2 Å². The second-order valence-corrected chi connectivity index (χ2v) is 4.66. The second-order valence-electron chi connectivity index (χ2n) is 4.66. The molecule has 1 fully saturated rings. The van der Waals surface area contributed by atoms with E-state index < -0.39 is 0 Å². The summed E-state index contributed by atoms with van der Waals surface area (Å²) in [6.07, 6.45) is 2.13. The van der Waals surface area contributed by atoms with Crippen LogP contribution in [0.4, 0.5) is 0 Å². The van der Waals surface area contributed by atoms with Gasteiger partial charge in [-0.2, -0.15) is 0 Å². The van der Waals surface area contributed by atoms with Crippen molar-refractivity contribution in [2.45, 2.75) is 24.8 Å². The van der Waals surface area contributed by atoms with Gasteiger partial charge in [0.1, 0.15) is 5.75 Å². The average Bonchev–Trinajstić information content (AvgIpc) is 2.37. The highest BCUT2D eigenvalue weighted by atomic mass is 16.5. The van der Waals surface area contributed by atoms with Gasteiger partial charge in [0, 0.05) is 13.1 Å². The number of methoxy groups -OCH3 is 1.